The molecule has 0 spiro atoms. The SMILES string of the molecule is NC(=O)c1ccc(Oc2c(N)cccc2Br)nn1. The Bertz CT molecular complexity index is 566. The van der Waals surface area contributed by atoms with Crippen LogP contribution in [-0.4, -0.2) is 16.1 Å². The van der Waals surface area contributed by atoms with Gasteiger partial charge in [0.05, 0.1) is 10.2 Å². The third kappa shape index (κ3) is 2.57. The van der Waals surface area contributed by atoms with E-state index < -0.39 is 5.91 Å². The average Bonchev–Trinajstić information content (AvgIpc) is 2.34. The van der Waals surface area contributed by atoms with E-state index in [1.165, 1.54) is 12.1 Å². The number of benzene rings is 1. The zero-order valence-corrected chi connectivity index (χ0v) is 10.7. The van der Waals surface area contributed by atoms with Gasteiger partial charge in [-0.15, -0.1) is 10.2 Å². The van der Waals surface area contributed by atoms with Gasteiger partial charge in [-0.05, 0) is 34.1 Å². The number of ether oxygens (including phenoxy) is 1. The lowest BCUT2D eigenvalue weighted by Gasteiger charge is -2.08. The summed E-state index contributed by atoms with van der Waals surface area (Å²) >= 11 is 3.31. The number of hydrogen-bond acceptors (Lipinski definition) is 5. The molecule has 0 aliphatic rings. The zero-order chi connectivity index (χ0) is 13.1. The van der Waals surface area contributed by atoms with Crippen LogP contribution in [0.15, 0.2) is 34.8 Å². The van der Waals surface area contributed by atoms with Crippen LogP contribution in [0.25, 0.3) is 0 Å². The van der Waals surface area contributed by atoms with Gasteiger partial charge in [0.15, 0.2) is 11.4 Å². The standard InChI is InChI=1S/C11H9BrN4O2/c12-6-2-1-3-7(13)10(6)18-9-5-4-8(11(14)17)15-16-9/h1-5H,13H2,(H2,14,17). The van der Waals surface area contributed by atoms with Crippen molar-refractivity contribution in [2.75, 3.05) is 5.73 Å². The Morgan fingerprint density at radius 1 is 1.22 bits per heavy atom. The molecule has 1 heterocycles. The molecular formula is C11H9BrN4O2. The summed E-state index contributed by atoms with van der Waals surface area (Å²) in [7, 11) is 0. The van der Waals surface area contributed by atoms with Gasteiger partial charge in [-0.25, -0.2) is 0 Å². The van der Waals surface area contributed by atoms with Gasteiger partial charge in [-0.3, -0.25) is 4.79 Å². The number of anilines is 1. The molecule has 4 N–H and O–H groups in total. The highest BCUT2D eigenvalue weighted by Crippen LogP contribution is 2.33. The molecule has 0 aliphatic carbocycles. The highest BCUT2D eigenvalue weighted by atomic mass is 79.9. The van der Waals surface area contributed by atoms with E-state index in [9.17, 15) is 4.79 Å². The quantitative estimate of drug-likeness (QED) is 0.840. The largest absolute Gasteiger partial charge is 0.434 e. The van der Waals surface area contributed by atoms with Crippen LogP contribution in [0, 0.1) is 0 Å². The first kappa shape index (κ1) is 12.3. The molecule has 0 atom stereocenters. The molecule has 0 aliphatic heterocycles. The van der Waals surface area contributed by atoms with Crippen molar-refractivity contribution in [1.29, 1.82) is 0 Å². The number of aromatic nitrogens is 2. The Hall–Kier alpha value is -2.15. The van der Waals surface area contributed by atoms with E-state index in [1.54, 1.807) is 18.2 Å². The highest BCUT2D eigenvalue weighted by molar-refractivity contribution is 9.10. The Morgan fingerprint density at radius 2 is 2.00 bits per heavy atom. The molecule has 7 heteroatoms. The maximum Gasteiger partial charge on any atom is 0.269 e. The number of carbonyl (C=O) groups is 1. The third-order valence-corrected chi connectivity index (χ3v) is 2.72. The molecule has 92 valence electrons. The molecular weight excluding hydrogens is 300 g/mol. The number of nitrogens with zero attached hydrogens (tertiary/aromatic N) is 2. The second-order valence-electron chi connectivity index (χ2n) is 3.38. The molecule has 0 unspecified atom stereocenters. The molecule has 0 fully saturated rings. The minimum Gasteiger partial charge on any atom is -0.434 e. The molecule has 6 nitrogen and oxygen atoms in total. The van der Waals surface area contributed by atoms with Crippen LogP contribution < -0.4 is 16.2 Å². The summed E-state index contributed by atoms with van der Waals surface area (Å²) in [4.78, 5) is 10.8. The van der Waals surface area contributed by atoms with Gasteiger partial charge in [-0.1, -0.05) is 6.07 Å². The average molecular weight is 309 g/mol. The first-order valence-electron chi connectivity index (χ1n) is 4.93. The van der Waals surface area contributed by atoms with Crippen molar-refractivity contribution in [2.24, 2.45) is 5.73 Å². The fourth-order valence-electron chi connectivity index (χ4n) is 1.24. The van der Waals surface area contributed by atoms with Crippen molar-refractivity contribution in [1.82, 2.24) is 10.2 Å². The number of primary amides is 1. The fourth-order valence-corrected chi connectivity index (χ4v) is 1.71. The lowest BCUT2D eigenvalue weighted by Crippen LogP contribution is -2.13. The smallest absolute Gasteiger partial charge is 0.269 e. The van der Waals surface area contributed by atoms with E-state index in [0.29, 0.717) is 15.9 Å². The van der Waals surface area contributed by atoms with Gasteiger partial charge in [0.1, 0.15) is 0 Å². The minimum absolute atomic E-state index is 0.0717. The zero-order valence-electron chi connectivity index (χ0n) is 9.13. The molecule has 1 aromatic heterocycles. The molecule has 1 amide bonds. The molecule has 2 aromatic rings. The summed E-state index contributed by atoms with van der Waals surface area (Å²) in [6, 6.07) is 8.19. The lowest BCUT2D eigenvalue weighted by atomic mass is 10.3. The van der Waals surface area contributed by atoms with Crippen LogP contribution in [0.3, 0.4) is 0 Å². The van der Waals surface area contributed by atoms with E-state index in [-0.39, 0.29) is 11.6 Å². The van der Waals surface area contributed by atoms with Crippen molar-refractivity contribution in [2.45, 2.75) is 0 Å². The maximum absolute atomic E-state index is 10.8. The summed E-state index contributed by atoms with van der Waals surface area (Å²) in [5.41, 5.74) is 11.4. The Kier molecular flexibility index (Phi) is 3.42. The number of amides is 1. The van der Waals surface area contributed by atoms with E-state index in [2.05, 4.69) is 26.1 Å². The summed E-state index contributed by atoms with van der Waals surface area (Å²) in [5.74, 6) is 0.0201. The second-order valence-corrected chi connectivity index (χ2v) is 4.24. The van der Waals surface area contributed by atoms with Gasteiger partial charge in [-0.2, -0.15) is 0 Å². The van der Waals surface area contributed by atoms with Gasteiger partial charge in [0, 0.05) is 6.07 Å². The Morgan fingerprint density at radius 3 is 2.56 bits per heavy atom. The summed E-state index contributed by atoms with van der Waals surface area (Å²) in [5, 5.41) is 7.36. The van der Waals surface area contributed by atoms with Gasteiger partial charge < -0.3 is 16.2 Å². The van der Waals surface area contributed by atoms with Crippen molar-refractivity contribution in [3.63, 3.8) is 0 Å². The summed E-state index contributed by atoms with van der Waals surface area (Å²) in [6.45, 7) is 0. The molecule has 18 heavy (non-hydrogen) atoms. The number of halogens is 1. The van der Waals surface area contributed by atoms with E-state index in [0.717, 1.165) is 0 Å². The third-order valence-electron chi connectivity index (χ3n) is 2.10. The number of para-hydroxylation sites is 1. The number of carbonyl (C=O) groups excluding carboxylic acids is 1. The molecule has 0 bridgehead atoms. The number of hydrogen-bond donors (Lipinski definition) is 2. The van der Waals surface area contributed by atoms with Crippen LogP contribution in [0.2, 0.25) is 0 Å². The van der Waals surface area contributed by atoms with Crippen LogP contribution in [0.5, 0.6) is 11.6 Å². The van der Waals surface area contributed by atoms with E-state index in [1.807, 2.05) is 0 Å². The second kappa shape index (κ2) is 5.01. The molecule has 0 saturated carbocycles. The topological polar surface area (TPSA) is 104 Å². The number of rotatable bonds is 3. The first-order valence-corrected chi connectivity index (χ1v) is 5.72. The highest BCUT2D eigenvalue weighted by Gasteiger charge is 2.09. The normalized spacial score (nSPS) is 10.1. The monoisotopic (exact) mass is 308 g/mol. The van der Waals surface area contributed by atoms with Gasteiger partial charge in [0.2, 0.25) is 5.88 Å². The maximum atomic E-state index is 10.8. The number of nitrogens with two attached hydrogens (primary N) is 2. The van der Waals surface area contributed by atoms with E-state index in [4.69, 9.17) is 16.2 Å². The number of nitrogen functional groups attached to an aromatic ring is 1. The van der Waals surface area contributed by atoms with Crippen molar-refractivity contribution in [3.05, 3.63) is 40.5 Å². The van der Waals surface area contributed by atoms with Crippen molar-refractivity contribution >= 4 is 27.5 Å². The van der Waals surface area contributed by atoms with Crippen LogP contribution in [-0.2, 0) is 0 Å². The lowest BCUT2D eigenvalue weighted by molar-refractivity contribution is 0.0994. The molecule has 2 rings (SSSR count). The Balaban J connectivity index is 2.26. The predicted octanol–water partition coefficient (Wildman–Crippen LogP) is 1.71. The molecule has 0 saturated heterocycles. The fraction of sp³-hybridized carbons (Fsp3) is 0. The summed E-state index contributed by atoms with van der Waals surface area (Å²) in [6.07, 6.45) is 0. The molecule has 0 radical (unpaired) electrons. The van der Waals surface area contributed by atoms with Crippen molar-refractivity contribution in [3.8, 4) is 11.6 Å². The van der Waals surface area contributed by atoms with E-state index >= 15 is 0 Å². The van der Waals surface area contributed by atoms with Crippen molar-refractivity contribution < 1.29 is 9.53 Å². The summed E-state index contributed by atoms with van der Waals surface area (Å²) < 4.78 is 6.17. The Labute approximate surface area is 111 Å². The molecule has 1 aromatic carbocycles. The van der Waals surface area contributed by atoms with Gasteiger partial charge in [0.25, 0.3) is 5.91 Å². The van der Waals surface area contributed by atoms with Crippen LogP contribution >= 0.6 is 15.9 Å². The minimum atomic E-state index is -0.644. The van der Waals surface area contributed by atoms with Crippen LogP contribution in [0.4, 0.5) is 5.69 Å². The first-order chi connectivity index (χ1) is 8.58. The predicted molar refractivity (Wildman–Crippen MR) is 69.2 cm³/mol. The van der Waals surface area contributed by atoms with Gasteiger partial charge >= 0.3 is 0 Å². The van der Waals surface area contributed by atoms with Crippen LogP contribution in [0.1, 0.15) is 10.5 Å².